The molecule has 2 heterocycles. The fourth-order valence-electron chi connectivity index (χ4n) is 3.57. The van der Waals surface area contributed by atoms with Crippen LogP contribution in [0.1, 0.15) is 40.1 Å². The number of benzene rings is 2. The Kier molecular flexibility index (Phi) is 5.77. The Morgan fingerprint density at radius 2 is 1.76 bits per heavy atom. The lowest BCUT2D eigenvalue weighted by Crippen LogP contribution is -2.35. The molecule has 174 valence electrons. The van der Waals surface area contributed by atoms with Crippen LogP contribution in [0.15, 0.2) is 54.6 Å². The highest BCUT2D eigenvalue weighted by molar-refractivity contribution is 6.30. The van der Waals surface area contributed by atoms with E-state index < -0.39 is 35.9 Å². The summed E-state index contributed by atoms with van der Waals surface area (Å²) in [7, 11) is 0. The van der Waals surface area contributed by atoms with Gasteiger partial charge in [0.2, 0.25) is 0 Å². The van der Waals surface area contributed by atoms with Gasteiger partial charge in [-0.05, 0) is 35.9 Å². The molecular formula is C21H15ClF6N4O. The van der Waals surface area contributed by atoms with E-state index in [1.807, 2.05) is 0 Å². The number of alkyl halides is 6. The summed E-state index contributed by atoms with van der Waals surface area (Å²) in [6.45, 7) is 0. The van der Waals surface area contributed by atoms with E-state index >= 15 is 0 Å². The lowest BCUT2D eigenvalue weighted by atomic mass is 9.97. The van der Waals surface area contributed by atoms with Crippen LogP contribution in [0.5, 0.6) is 0 Å². The number of anilines is 2. The fraction of sp³-hybridized carbons (Fsp3) is 0.238. The van der Waals surface area contributed by atoms with Crippen molar-refractivity contribution in [2.75, 3.05) is 10.6 Å². The maximum atomic E-state index is 13.8. The summed E-state index contributed by atoms with van der Waals surface area (Å²) in [5.41, 5.74) is -0.953. The molecule has 2 N–H and O–H groups in total. The highest BCUT2D eigenvalue weighted by atomic mass is 35.5. The van der Waals surface area contributed by atoms with Crippen molar-refractivity contribution in [3.63, 3.8) is 0 Å². The number of rotatable bonds is 3. The van der Waals surface area contributed by atoms with Crippen molar-refractivity contribution in [1.82, 2.24) is 9.78 Å². The van der Waals surface area contributed by atoms with Crippen LogP contribution < -0.4 is 10.6 Å². The molecule has 1 amide bonds. The van der Waals surface area contributed by atoms with Crippen LogP contribution in [-0.4, -0.2) is 21.9 Å². The van der Waals surface area contributed by atoms with Crippen LogP contribution in [-0.2, 0) is 6.18 Å². The predicted molar refractivity (Wildman–Crippen MR) is 109 cm³/mol. The maximum Gasteiger partial charge on any atom is 0.416 e. The minimum Gasteiger partial charge on any atom is -0.363 e. The van der Waals surface area contributed by atoms with Crippen molar-refractivity contribution in [3.8, 4) is 0 Å². The summed E-state index contributed by atoms with van der Waals surface area (Å²) in [4.78, 5) is 12.5. The van der Waals surface area contributed by atoms with Gasteiger partial charge in [0, 0.05) is 23.2 Å². The van der Waals surface area contributed by atoms with Crippen LogP contribution in [0.3, 0.4) is 0 Å². The molecule has 0 unspecified atom stereocenters. The second-order valence-corrected chi connectivity index (χ2v) is 7.87. The van der Waals surface area contributed by atoms with Crippen LogP contribution in [0.4, 0.5) is 37.8 Å². The van der Waals surface area contributed by atoms with Crippen molar-refractivity contribution in [2.45, 2.75) is 30.9 Å². The second-order valence-electron chi connectivity index (χ2n) is 7.43. The maximum absolute atomic E-state index is 13.8. The normalized spacial score (nSPS) is 18.4. The smallest absolute Gasteiger partial charge is 0.363 e. The number of nitrogens with zero attached hydrogens (tertiary/aromatic N) is 2. The molecule has 3 aromatic rings. The molecule has 12 heteroatoms. The lowest BCUT2D eigenvalue weighted by Gasteiger charge is -2.33. The SMILES string of the molecule is O=C(Nc1cccc(C(F)(F)F)c1)c1cc2n(n1)[C@@H](C(F)(F)F)C[C@H](c1ccc(Cl)cc1)N2. The van der Waals surface area contributed by atoms with Crippen LogP contribution >= 0.6 is 11.6 Å². The molecular weight excluding hydrogens is 474 g/mol. The Labute approximate surface area is 188 Å². The quantitative estimate of drug-likeness (QED) is 0.416. The van der Waals surface area contributed by atoms with Gasteiger partial charge in [0.15, 0.2) is 11.7 Å². The Bertz CT molecular complexity index is 1170. The highest BCUT2D eigenvalue weighted by Crippen LogP contribution is 2.43. The number of aromatic nitrogens is 2. The monoisotopic (exact) mass is 488 g/mol. The van der Waals surface area contributed by atoms with Gasteiger partial charge >= 0.3 is 12.4 Å². The summed E-state index contributed by atoms with van der Waals surface area (Å²) in [5, 5.41) is 9.39. The zero-order valence-electron chi connectivity index (χ0n) is 16.5. The van der Waals surface area contributed by atoms with E-state index in [1.165, 1.54) is 6.07 Å². The van der Waals surface area contributed by atoms with Gasteiger partial charge in [0.05, 0.1) is 11.6 Å². The van der Waals surface area contributed by atoms with Gasteiger partial charge in [-0.3, -0.25) is 4.79 Å². The molecule has 2 atom stereocenters. The molecule has 0 saturated carbocycles. The van der Waals surface area contributed by atoms with E-state index in [0.29, 0.717) is 15.3 Å². The van der Waals surface area contributed by atoms with E-state index in [9.17, 15) is 31.1 Å². The van der Waals surface area contributed by atoms with Gasteiger partial charge in [-0.25, -0.2) is 4.68 Å². The summed E-state index contributed by atoms with van der Waals surface area (Å²) < 4.78 is 80.6. The molecule has 0 spiro atoms. The molecule has 1 aromatic heterocycles. The summed E-state index contributed by atoms with van der Waals surface area (Å²) in [5.74, 6) is -0.986. The molecule has 1 aliphatic heterocycles. The molecule has 0 bridgehead atoms. The first-order valence-corrected chi connectivity index (χ1v) is 9.96. The van der Waals surface area contributed by atoms with Gasteiger partial charge in [0.25, 0.3) is 5.91 Å². The highest BCUT2D eigenvalue weighted by Gasteiger charge is 2.46. The third kappa shape index (κ3) is 4.92. The molecule has 0 aliphatic carbocycles. The minimum absolute atomic E-state index is 0.0438. The Hall–Kier alpha value is -3.21. The van der Waals surface area contributed by atoms with Crippen molar-refractivity contribution in [3.05, 3.63) is 76.4 Å². The van der Waals surface area contributed by atoms with Gasteiger partial charge in [-0.1, -0.05) is 29.8 Å². The van der Waals surface area contributed by atoms with Gasteiger partial charge in [0.1, 0.15) is 5.82 Å². The van der Waals surface area contributed by atoms with E-state index in [2.05, 4.69) is 15.7 Å². The van der Waals surface area contributed by atoms with Gasteiger partial charge < -0.3 is 10.6 Å². The number of carbonyl (C=O) groups is 1. The number of nitrogens with one attached hydrogen (secondary N) is 2. The first-order valence-electron chi connectivity index (χ1n) is 9.59. The van der Waals surface area contributed by atoms with E-state index in [1.54, 1.807) is 24.3 Å². The molecule has 5 nitrogen and oxygen atoms in total. The Morgan fingerprint density at radius 1 is 1.06 bits per heavy atom. The Morgan fingerprint density at radius 3 is 2.39 bits per heavy atom. The lowest BCUT2D eigenvalue weighted by molar-refractivity contribution is -0.173. The van der Waals surface area contributed by atoms with Crippen LogP contribution in [0, 0.1) is 0 Å². The average Bonchev–Trinajstić information content (AvgIpc) is 3.17. The topological polar surface area (TPSA) is 59.0 Å². The van der Waals surface area contributed by atoms with Crippen molar-refractivity contribution in [2.24, 2.45) is 0 Å². The van der Waals surface area contributed by atoms with E-state index in [4.69, 9.17) is 11.6 Å². The molecule has 0 radical (unpaired) electrons. The number of halogens is 7. The largest absolute Gasteiger partial charge is 0.416 e. The predicted octanol–water partition coefficient (Wildman–Crippen LogP) is 6.47. The van der Waals surface area contributed by atoms with Crippen molar-refractivity contribution >= 4 is 29.0 Å². The standard InChI is InChI=1S/C21H15ClF6N4O/c22-13-6-4-11(5-7-13)15-9-17(21(26,27)28)32-18(30-15)10-16(31-32)19(33)29-14-3-1-2-12(8-14)20(23,24)25/h1-8,10,15,17,30H,9H2,(H,29,33)/t15-,17-/m1/s1. The Balaban J connectivity index is 1.62. The molecule has 0 saturated heterocycles. The third-order valence-electron chi connectivity index (χ3n) is 5.14. The summed E-state index contributed by atoms with van der Waals surface area (Å²) in [6, 6.07) is 8.60. The van der Waals surface area contributed by atoms with Crippen LogP contribution in [0.2, 0.25) is 5.02 Å². The zero-order valence-corrected chi connectivity index (χ0v) is 17.3. The fourth-order valence-corrected chi connectivity index (χ4v) is 3.69. The molecule has 0 fully saturated rings. The number of hydrogen-bond acceptors (Lipinski definition) is 3. The third-order valence-corrected chi connectivity index (χ3v) is 5.39. The number of amides is 1. The number of hydrogen-bond donors (Lipinski definition) is 2. The number of fused-ring (bicyclic) bond motifs is 1. The van der Waals surface area contributed by atoms with Crippen LogP contribution in [0.25, 0.3) is 0 Å². The number of carbonyl (C=O) groups excluding carboxylic acids is 1. The molecule has 2 aromatic carbocycles. The zero-order chi connectivity index (χ0) is 24.0. The van der Waals surface area contributed by atoms with Crippen molar-refractivity contribution < 1.29 is 31.1 Å². The van der Waals surface area contributed by atoms with Crippen molar-refractivity contribution in [1.29, 1.82) is 0 Å². The second kappa shape index (κ2) is 8.29. The molecule has 1 aliphatic rings. The summed E-state index contributed by atoms with van der Waals surface area (Å²) in [6.07, 6.45) is -9.65. The van der Waals surface area contributed by atoms with Gasteiger partial charge in [-0.15, -0.1) is 0 Å². The minimum atomic E-state index is -4.65. The first kappa shape index (κ1) is 23.0. The molecule has 4 rings (SSSR count). The van der Waals surface area contributed by atoms with Gasteiger partial charge in [-0.2, -0.15) is 31.4 Å². The van der Waals surface area contributed by atoms with E-state index in [-0.39, 0.29) is 23.6 Å². The van der Waals surface area contributed by atoms with E-state index in [0.717, 1.165) is 24.3 Å². The average molecular weight is 489 g/mol. The first-order chi connectivity index (χ1) is 15.4. The molecule has 33 heavy (non-hydrogen) atoms. The summed E-state index contributed by atoms with van der Waals surface area (Å²) >= 11 is 5.85.